The van der Waals surface area contributed by atoms with Crippen molar-refractivity contribution in [3.63, 3.8) is 0 Å². The van der Waals surface area contributed by atoms with Crippen LogP contribution in [0.5, 0.6) is 5.75 Å². The summed E-state index contributed by atoms with van der Waals surface area (Å²) in [6, 6.07) is 24.9. The van der Waals surface area contributed by atoms with E-state index in [0.717, 1.165) is 22.0 Å². The number of nitrogens with zero attached hydrogens (tertiary/aromatic N) is 3. The number of hydrogen-bond acceptors (Lipinski definition) is 6. The van der Waals surface area contributed by atoms with Gasteiger partial charge in [-0.15, -0.1) is 0 Å². The summed E-state index contributed by atoms with van der Waals surface area (Å²) in [6.45, 7) is 6.47. The minimum Gasteiger partial charge on any atom is -0.497 e. The molecule has 0 saturated heterocycles. The molecule has 2 aromatic heterocycles. The van der Waals surface area contributed by atoms with E-state index in [1.54, 1.807) is 25.6 Å². The van der Waals surface area contributed by atoms with E-state index in [0.29, 0.717) is 35.2 Å². The Bertz CT molecular complexity index is 1520. The smallest absolute Gasteiger partial charge is 0.253 e. The van der Waals surface area contributed by atoms with Crippen LogP contribution < -0.4 is 15.4 Å². The molecule has 1 amide bonds. The number of aryl methyl sites for hydroxylation is 1. The van der Waals surface area contributed by atoms with Gasteiger partial charge in [-0.1, -0.05) is 55.8 Å². The van der Waals surface area contributed by atoms with Gasteiger partial charge in [0.25, 0.3) is 5.91 Å². The molecular formula is C31H31N5O2. The van der Waals surface area contributed by atoms with Crippen LogP contribution in [0.25, 0.3) is 22.3 Å². The molecule has 5 aromatic rings. The molecule has 5 rings (SSSR count). The van der Waals surface area contributed by atoms with Gasteiger partial charge in [0, 0.05) is 29.9 Å². The minimum atomic E-state index is -0.179. The molecule has 0 saturated carbocycles. The fourth-order valence-electron chi connectivity index (χ4n) is 3.86. The maximum atomic E-state index is 13.1. The van der Waals surface area contributed by atoms with Gasteiger partial charge in [-0.05, 0) is 55.0 Å². The highest BCUT2D eigenvalue weighted by Gasteiger charge is 2.15. The van der Waals surface area contributed by atoms with Gasteiger partial charge in [0.2, 0.25) is 0 Å². The minimum absolute atomic E-state index is 0.179. The van der Waals surface area contributed by atoms with Crippen LogP contribution in [0.15, 0.2) is 91.3 Å². The topological polar surface area (TPSA) is 89.0 Å². The summed E-state index contributed by atoms with van der Waals surface area (Å²) in [5, 5.41) is 7.16. The predicted octanol–water partition coefficient (Wildman–Crippen LogP) is 6.71. The number of fused-ring (bicyclic) bond motifs is 1. The Morgan fingerprint density at radius 1 is 0.921 bits per heavy atom. The molecule has 2 N–H and O–H groups in total. The molecule has 192 valence electrons. The second kappa shape index (κ2) is 12.5. The first-order chi connectivity index (χ1) is 18.6. The number of ether oxygens (including phenoxy) is 1. The molecule has 0 aliphatic rings. The van der Waals surface area contributed by atoms with Gasteiger partial charge >= 0.3 is 0 Å². The van der Waals surface area contributed by atoms with Gasteiger partial charge in [0.1, 0.15) is 11.6 Å². The molecule has 0 spiro atoms. The van der Waals surface area contributed by atoms with Crippen LogP contribution in [0.3, 0.4) is 0 Å². The van der Waals surface area contributed by atoms with Gasteiger partial charge < -0.3 is 15.4 Å². The van der Waals surface area contributed by atoms with E-state index in [1.807, 2.05) is 93.6 Å². The lowest BCUT2D eigenvalue weighted by molar-refractivity contribution is 0.0951. The van der Waals surface area contributed by atoms with Crippen LogP contribution >= 0.6 is 0 Å². The molecule has 0 unspecified atom stereocenters. The third-order valence-electron chi connectivity index (χ3n) is 5.82. The van der Waals surface area contributed by atoms with Crippen LogP contribution in [0.1, 0.15) is 35.3 Å². The van der Waals surface area contributed by atoms with Crippen LogP contribution in [-0.4, -0.2) is 28.0 Å². The molecule has 0 aliphatic carbocycles. The number of rotatable bonds is 7. The summed E-state index contributed by atoms with van der Waals surface area (Å²) in [5.74, 6) is 1.61. The van der Waals surface area contributed by atoms with Crippen molar-refractivity contribution < 1.29 is 9.53 Å². The average molecular weight is 506 g/mol. The largest absolute Gasteiger partial charge is 0.497 e. The predicted molar refractivity (Wildman–Crippen MR) is 153 cm³/mol. The highest BCUT2D eigenvalue weighted by Crippen LogP contribution is 2.31. The molecule has 0 atom stereocenters. The van der Waals surface area contributed by atoms with Crippen LogP contribution in [-0.2, 0) is 6.54 Å². The van der Waals surface area contributed by atoms with E-state index in [2.05, 4.69) is 15.6 Å². The lowest BCUT2D eigenvalue weighted by Gasteiger charge is -2.15. The Labute approximate surface area is 223 Å². The maximum absolute atomic E-state index is 13.1. The fraction of sp³-hybridized carbons (Fsp3) is 0.161. The van der Waals surface area contributed by atoms with Crippen molar-refractivity contribution in [3.8, 4) is 17.1 Å². The summed E-state index contributed by atoms with van der Waals surface area (Å²) >= 11 is 0. The zero-order chi connectivity index (χ0) is 26.9. The Hall–Kier alpha value is -4.78. The second-order valence-corrected chi connectivity index (χ2v) is 8.36. The third-order valence-corrected chi connectivity index (χ3v) is 5.82. The fourth-order valence-corrected chi connectivity index (χ4v) is 3.86. The molecule has 0 bridgehead atoms. The number of methoxy groups -OCH3 is 1. The van der Waals surface area contributed by atoms with Gasteiger partial charge in [-0.3, -0.25) is 9.78 Å². The third kappa shape index (κ3) is 6.13. The molecule has 0 fully saturated rings. The number of carbonyl (C=O) groups excluding carboxylic acids is 1. The SMILES string of the molecule is CC.COc1ccc2nc(-c3cccnc3)nc(Nc3ccccc3C(=O)NCc3ccc(C)cc3)c2c1. The molecule has 0 radical (unpaired) electrons. The first-order valence-corrected chi connectivity index (χ1v) is 12.6. The molecule has 3 aromatic carbocycles. The van der Waals surface area contributed by atoms with E-state index >= 15 is 0 Å². The normalized spacial score (nSPS) is 10.3. The number of anilines is 2. The lowest BCUT2D eigenvalue weighted by Crippen LogP contribution is -2.23. The highest BCUT2D eigenvalue weighted by molar-refractivity contribution is 6.02. The quantitative estimate of drug-likeness (QED) is 0.256. The Morgan fingerprint density at radius 2 is 1.71 bits per heavy atom. The van der Waals surface area contributed by atoms with E-state index in [-0.39, 0.29) is 5.91 Å². The highest BCUT2D eigenvalue weighted by atomic mass is 16.5. The first-order valence-electron chi connectivity index (χ1n) is 12.6. The van der Waals surface area contributed by atoms with Crippen LogP contribution in [0.2, 0.25) is 0 Å². The average Bonchev–Trinajstić information content (AvgIpc) is 2.98. The number of carbonyl (C=O) groups is 1. The Morgan fingerprint density at radius 3 is 2.45 bits per heavy atom. The number of nitrogens with one attached hydrogen (secondary N) is 2. The molecular weight excluding hydrogens is 474 g/mol. The van der Waals surface area contributed by atoms with Crippen molar-refractivity contribution in [2.45, 2.75) is 27.3 Å². The zero-order valence-corrected chi connectivity index (χ0v) is 22.0. The van der Waals surface area contributed by atoms with Crippen molar-refractivity contribution in [1.29, 1.82) is 0 Å². The first kappa shape index (κ1) is 26.3. The monoisotopic (exact) mass is 505 g/mol. The molecule has 0 aliphatic heterocycles. The van der Waals surface area contributed by atoms with E-state index in [4.69, 9.17) is 14.7 Å². The summed E-state index contributed by atoms with van der Waals surface area (Å²) in [5.41, 5.74) is 4.91. The number of amides is 1. The molecule has 7 heteroatoms. The van der Waals surface area contributed by atoms with Crippen molar-refractivity contribution in [2.75, 3.05) is 12.4 Å². The van der Waals surface area contributed by atoms with Crippen LogP contribution in [0, 0.1) is 6.92 Å². The molecule has 7 nitrogen and oxygen atoms in total. The number of hydrogen-bond donors (Lipinski definition) is 2. The summed E-state index contributed by atoms with van der Waals surface area (Å²) in [4.78, 5) is 26.9. The van der Waals surface area contributed by atoms with Crippen molar-refractivity contribution in [1.82, 2.24) is 20.3 Å². The van der Waals surface area contributed by atoms with Gasteiger partial charge in [-0.25, -0.2) is 9.97 Å². The van der Waals surface area contributed by atoms with Gasteiger partial charge in [0.15, 0.2) is 5.82 Å². The lowest BCUT2D eigenvalue weighted by atomic mass is 10.1. The number of aromatic nitrogens is 3. The van der Waals surface area contributed by atoms with Crippen LogP contribution in [0.4, 0.5) is 11.5 Å². The number of benzene rings is 3. The van der Waals surface area contributed by atoms with E-state index in [9.17, 15) is 4.79 Å². The summed E-state index contributed by atoms with van der Waals surface area (Å²) in [7, 11) is 1.62. The maximum Gasteiger partial charge on any atom is 0.253 e. The molecule has 38 heavy (non-hydrogen) atoms. The van der Waals surface area contributed by atoms with E-state index < -0.39 is 0 Å². The van der Waals surface area contributed by atoms with E-state index in [1.165, 1.54) is 5.56 Å². The zero-order valence-electron chi connectivity index (χ0n) is 22.0. The number of pyridine rings is 1. The summed E-state index contributed by atoms with van der Waals surface area (Å²) < 4.78 is 5.43. The van der Waals surface area contributed by atoms with Crippen molar-refractivity contribution >= 4 is 28.3 Å². The van der Waals surface area contributed by atoms with Crippen molar-refractivity contribution in [3.05, 3.63) is 108 Å². The summed E-state index contributed by atoms with van der Waals surface area (Å²) in [6.07, 6.45) is 3.43. The second-order valence-electron chi connectivity index (χ2n) is 8.36. The Kier molecular flexibility index (Phi) is 8.61. The standard InChI is InChI=1S/C29H25N5O2.C2H6/c1-19-9-11-20(12-10-19)17-31-29(35)23-7-3-4-8-25(23)33-28-24-16-22(36-2)13-14-26(24)32-27(34-28)21-6-5-15-30-18-21;1-2/h3-16,18H,17H2,1-2H3,(H,31,35)(H,32,33,34);1-2H3. The Balaban J connectivity index is 0.00000164. The number of para-hydroxylation sites is 1. The van der Waals surface area contributed by atoms with Gasteiger partial charge in [-0.2, -0.15) is 0 Å². The van der Waals surface area contributed by atoms with Crippen molar-refractivity contribution in [2.24, 2.45) is 0 Å². The molecule has 2 heterocycles. The van der Waals surface area contributed by atoms with Gasteiger partial charge in [0.05, 0.1) is 23.9 Å².